The second-order valence-electron chi connectivity index (χ2n) is 7.88. The van der Waals surface area contributed by atoms with Crippen LogP contribution in [-0.2, 0) is 4.79 Å². The van der Waals surface area contributed by atoms with Crippen LogP contribution in [0.15, 0.2) is 0 Å². The fourth-order valence-electron chi connectivity index (χ4n) is 3.10. The Labute approximate surface area is 169 Å². The van der Waals surface area contributed by atoms with Crippen LogP contribution in [0.4, 0.5) is 0 Å². The second-order valence-corrected chi connectivity index (χ2v) is 8.88. The summed E-state index contributed by atoms with van der Waals surface area (Å²) in [5.74, 6) is 1.14. The number of carbonyl (C=O) groups excluding carboxylic acids is 1. The van der Waals surface area contributed by atoms with Gasteiger partial charge in [0.05, 0.1) is 0 Å². The molecular formula is C21H42NNaO. The predicted molar refractivity (Wildman–Crippen MR) is 108 cm³/mol. The summed E-state index contributed by atoms with van der Waals surface area (Å²) in [6, 6.07) is 0. The minimum atomic E-state index is 0.263. The van der Waals surface area contributed by atoms with Crippen molar-refractivity contribution >= 4 is 33.8 Å². The average Bonchev–Trinajstić information content (AvgIpc) is 2.55. The molecule has 0 aromatic heterocycles. The van der Waals surface area contributed by atoms with Gasteiger partial charge < -0.3 is 0 Å². The molecule has 0 saturated carbocycles. The van der Waals surface area contributed by atoms with Crippen molar-refractivity contribution in [3.05, 3.63) is 0 Å². The number of amides is 1. The van der Waals surface area contributed by atoms with E-state index < -0.39 is 0 Å². The van der Waals surface area contributed by atoms with Crippen molar-refractivity contribution in [2.75, 3.05) is 6.54 Å². The minimum absolute atomic E-state index is 0.263. The summed E-state index contributed by atoms with van der Waals surface area (Å²) in [5.41, 5.74) is 0. The Morgan fingerprint density at radius 3 is 1.67 bits per heavy atom. The van der Waals surface area contributed by atoms with Crippen molar-refractivity contribution < 1.29 is 4.79 Å². The van der Waals surface area contributed by atoms with Gasteiger partial charge in [-0.3, -0.25) is 0 Å². The first kappa shape index (κ1) is 24.5. The third kappa shape index (κ3) is 20.5. The summed E-state index contributed by atoms with van der Waals surface area (Å²) in [5, 5.41) is 3.02. The second kappa shape index (κ2) is 19.8. The molecule has 2 nitrogen and oxygen atoms in total. The summed E-state index contributed by atoms with van der Waals surface area (Å²) < 4.78 is 1.29. The third-order valence-electron chi connectivity index (χ3n) is 4.79. The van der Waals surface area contributed by atoms with Crippen LogP contribution in [0.3, 0.4) is 0 Å². The summed E-state index contributed by atoms with van der Waals surface area (Å²) in [4.78, 5) is 11.6. The summed E-state index contributed by atoms with van der Waals surface area (Å²) in [7, 11) is 0. The van der Waals surface area contributed by atoms with Gasteiger partial charge in [0.2, 0.25) is 0 Å². The molecule has 0 unspecified atom stereocenters. The Kier molecular flexibility index (Phi) is 20.2. The van der Waals surface area contributed by atoms with Gasteiger partial charge in [0.15, 0.2) is 0 Å². The molecule has 0 fully saturated rings. The zero-order valence-electron chi connectivity index (χ0n) is 17.0. The molecule has 1 N–H and O–H groups in total. The molecule has 0 bridgehead atoms. The first-order valence-corrected chi connectivity index (χ1v) is 12.3. The monoisotopic (exact) mass is 347 g/mol. The quantitative estimate of drug-likeness (QED) is 0.232. The van der Waals surface area contributed by atoms with E-state index in [1.165, 1.54) is 109 Å². The van der Waals surface area contributed by atoms with Crippen molar-refractivity contribution in [3.8, 4) is 0 Å². The van der Waals surface area contributed by atoms with Gasteiger partial charge in [-0.05, 0) is 5.92 Å². The van der Waals surface area contributed by atoms with E-state index in [0.29, 0.717) is 0 Å². The number of hydrogen-bond acceptors (Lipinski definition) is 1. The predicted octanol–water partition coefficient (Wildman–Crippen LogP) is 6.20. The molecule has 0 aliphatic carbocycles. The number of hydrogen-bond donors (Lipinski definition) is 1. The molecule has 1 amide bonds. The van der Waals surface area contributed by atoms with E-state index in [9.17, 15) is 4.79 Å². The molecule has 0 rings (SSSR count). The van der Waals surface area contributed by atoms with Crippen LogP contribution in [0.5, 0.6) is 0 Å². The number of carbonyl (C=O) groups is 1. The zero-order chi connectivity index (χ0) is 17.9. The maximum atomic E-state index is 11.6. The Morgan fingerprint density at radius 2 is 1.21 bits per heavy atom. The molecule has 0 aromatic carbocycles. The Hall–Kier alpha value is 0.470. The summed E-state index contributed by atoms with van der Waals surface area (Å²) >= 11 is 1.25. The van der Waals surface area contributed by atoms with Gasteiger partial charge in [-0.15, -0.1) is 0 Å². The van der Waals surface area contributed by atoms with Gasteiger partial charge in [-0.1, -0.05) is 58.8 Å². The van der Waals surface area contributed by atoms with Gasteiger partial charge in [0.25, 0.3) is 0 Å². The zero-order valence-corrected chi connectivity index (χ0v) is 19.0. The molecule has 0 spiro atoms. The van der Waals surface area contributed by atoms with Gasteiger partial charge in [0, 0.05) is 0 Å². The van der Waals surface area contributed by atoms with E-state index in [4.69, 9.17) is 0 Å². The van der Waals surface area contributed by atoms with Crippen LogP contribution in [-0.4, -0.2) is 40.4 Å². The molecule has 3 heteroatoms. The van der Waals surface area contributed by atoms with Gasteiger partial charge in [-0.25, -0.2) is 0 Å². The first-order valence-electron chi connectivity index (χ1n) is 10.9. The summed E-state index contributed by atoms with van der Waals surface area (Å²) in [6.07, 6.45) is 19.7. The Bertz CT molecular complexity index is 269. The van der Waals surface area contributed by atoms with Crippen molar-refractivity contribution in [2.24, 2.45) is 5.92 Å². The van der Waals surface area contributed by atoms with E-state index in [-0.39, 0.29) is 5.91 Å². The van der Waals surface area contributed by atoms with Crippen molar-refractivity contribution in [2.45, 2.75) is 114 Å². The number of nitrogens with one attached hydrogen (secondary N) is 1. The normalized spacial score (nSPS) is 11.2. The molecule has 0 heterocycles. The van der Waals surface area contributed by atoms with Crippen LogP contribution in [0.2, 0.25) is 3.67 Å². The Morgan fingerprint density at radius 1 is 0.750 bits per heavy atom. The van der Waals surface area contributed by atoms with Gasteiger partial charge in [0.1, 0.15) is 0 Å². The van der Waals surface area contributed by atoms with Crippen LogP contribution >= 0.6 is 0 Å². The molecule has 138 valence electrons. The standard InChI is InChI=1S/C21H42NO.Na/c1-4-19-22-21(23)18-16-14-12-10-8-6-5-7-9-11-13-15-17-20(2)3;/h20H,1,4-19H2,2-3H3,(H,22,23);. The first-order chi connectivity index (χ1) is 11.7. The van der Waals surface area contributed by atoms with Crippen molar-refractivity contribution in [1.82, 2.24) is 5.32 Å². The van der Waals surface area contributed by atoms with E-state index >= 15 is 0 Å². The molecule has 0 aliphatic heterocycles. The fraction of sp³-hybridized carbons (Fsp3) is 0.952. The van der Waals surface area contributed by atoms with Crippen LogP contribution < -0.4 is 5.32 Å². The molecule has 0 saturated heterocycles. The average molecular weight is 348 g/mol. The number of unbranched alkanes of at least 4 members (excludes halogenated alkanes) is 11. The molecule has 0 atom stereocenters. The van der Waals surface area contributed by atoms with E-state index in [1.54, 1.807) is 0 Å². The van der Waals surface area contributed by atoms with Gasteiger partial charge in [-0.2, -0.15) is 0 Å². The molecule has 0 radical (unpaired) electrons. The van der Waals surface area contributed by atoms with E-state index in [0.717, 1.165) is 31.7 Å². The third-order valence-corrected chi connectivity index (χ3v) is 5.49. The molecule has 0 aliphatic rings. The molecule has 24 heavy (non-hydrogen) atoms. The Balaban J connectivity index is 3.08. The fourth-order valence-corrected chi connectivity index (χ4v) is 3.45. The van der Waals surface area contributed by atoms with E-state index in [1.807, 2.05) is 0 Å². The molecular weight excluding hydrogens is 305 g/mol. The van der Waals surface area contributed by atoms with Crippen molar-refractivity contribution in [1.29, 1.82) is 0 Å². The van der Waals surface area contributed by atoms with Crippen molar-refractivity contribution in [3.63, 3.8) is 0 Å². The van der Waals surface area contributed by atoms with Gasteiger partial charge >= 0.3 is 106 Å². The van der Waals surface area contributed by atoms with Crippen LogP contribution in [0.25, 0.3) is 0 Å². The molecule has 0 aromatic rings. The number of rotatable bonds is 18. The SMILES string of the molecule is CC(C)CCCCCCCCCCCCCCC(=O)NCC[CH2][Na]. The maximum absolute atomic E-state index is 11.6. The van der Waals surface area contributed by atoms with Crippen LogP contribution in [0, 0.1) is 5.92 Å². The van der Waals surface area contributed by atoms with Crippen LogP contribution in [0.1, 0.15) is 110 Å². The summed E-state index contributed by atoms with van der Waals surface area (Å²) in [6.45, 7) is 5.53. The van der Waals surface area contributed by atoms with E-state index in [2.05, 4.69) is 19.2 Å². The topological polar surface area (TPSA) is 29.1 Å².